The smallest absolute Gasteiger partial charge is 0.277 e. The monoisotopic (exact) mass is 265 g/mol. The molecular weight excluding hydrogens is 246 g/mol. The molecule has 2 heterocycles. The Morgan fingerprint density at radius 1 is 1.53 bits per heavy atom. The molecule has 0 bridgehead atoms. The molecule has 6 heteroatoms. The number of aryl methyl sites for hydroxylation is 1. The SMILES string of the molecule is Cc1cnc(N2CCC(C(C)O)CC2)cc1[N+](=O)[O-]. The lowest BCUT2D eigenvalue weighted by Gasteiger charge is -2.33. The van der Waals surface area contributed by atoms with Gasteiger partial charge >= 0.3 is 0 Å². The Labute approximate surface area is 112 Å². The van der Waals surface area contributed by atoms with Gasteiger partial charge in [0.1, 0.15) is 5.82 Å². The highest BCUT2D eigenvalue weighted by Crippen LogP contribution is 2.27. The summed E-state index contributed by atoms with van der Waals surface area (Å²) < 4.78 is 0. The molecule has 0 radical (unpaired) electrons. The van der Waals surface area contributed by atoms with Crippen molar-refractivity contribution in [2.45, 2.75) is 32.8 Å². The van der Waals surface area contributed by atoms with E-state index in [1.807, 2.05) is 11.8 Å². The van der Waals surface area contributed by atoms with Crippen LogP contribution in [0.4, 0.5) is 11.5 Å². The van der Waals surface area contributed by atoms with Gasteiger partial charge in [-0.05, 0) is 32.6 Å². The second-order valence-corrected chi connectivity index (χ2v) is 5.15. The fraction of sp³-hybridized carbons (Fsp3) is 0.615. The third-order valence-corrected chi connectivity index (χ3v) is 3.80. The quantitative estimate of drug-likeness (QED) is 0.667. The van der Waals surface area contributed by atoms with Crippen LogP contribution in [0, 0.1) is 23.0 Å². The minimum absolute atomic E-state index is 0.114. The first-order valence-electron chi connectivity index (χ1n) is 6.53. The molecule has 1 N–H and O–H groups in total. The lowest BCUT2D eigenvalue weighted by atomic mass is 9.92. The summed E-state index contributed by atoms with van der Waals surface area (Å²) in [5.74, 6) is 0.970. The van der Waals surface area contributed by atoms with Crippen molar-refractivity contribution < 1.29 is 10.0 Å². The Morgan fingerprint density at radius 2 is 2.16 bits per heavy atom. The van der Waals surface area contributed by atoms with Gasteiger partial charge in [0.25, 0.3) is 5.69 Å². The number of aliphatic hydroxyl groups excluding tert-OH is 1. The number of anilines is 1. The van der Waals surface area contributed by atoms with Gasteiger partial charge in [-0.15, -0.1) is 0 Å². The first-order valence-corrected chi connectivity index (χ1v) is 6.53. The number of hydrogen-bond donors (Lipinski definition) is 1. The number of nitrogens with zero attached hydrogens (tertiary/aromatic N) is 3. The van der Waals surface area contributed by atoms with E-state index in [1.54, 1.807) is 13.1 Å². The van der Waals surface area contributed by atoms with Gasteiger partial charge in [-0.25, -0.2) is 4.98 Å². The average molecular weight is 265 g/mol. The van der Waals surface area contributed by atoms with Crippen molar-refractivity contribution in [3.63, 3.8) is 0 Å². The molecule has 1 unspecified atom stereocenters. The van der Waals surface area contributed by atoms with Crippen LogP contribution in [-0.2, 0) is 0 Å². The maximum atomic E-state index is 10.9. The number of aliphatic hydroxyl groups is 1. The molecule has 2 rings (SSSR count). The summed E-state index contributed by atoms with van der Waals surface area (Å²) in [6.07, 6.45) is 3.04. The molecule has 19 heavy (non-hydrogen) atoms. The molecule has 6 nitrogen and oxygen atoms in total. The van der Waals surface area contributed by atoms with Crippen LogP contribution < -0.4 is 4.90 Å². The molecule has 104 valence electrons. The van der Waals surface area contributed by atoms with Crippen LogP contribution >= 0.6 is 0 Å². The molecule has 1 saturated heterocycles. The van der Waals surface area contributed by atoms with Gasteiger partial charge in [0, 0.05) is 24.8 Å². The van der Waals surface area contributed by atoms with Crippen molar-refractivity contribution in [2.24, 2.45) is 5.92 Å². The maximum Gasteiger partial charge on any atom is 0.277 e. The van der Waals surface area contributed by atoms with Crippen LogP contribution in [0.25, 0.3) is 0 Å². The molecule has 1 atom stereocenters. The van der Waals surface area contributed by atoms with Crippen molar-refractivity contribution in [1.29, 1.82) is 0 Å². The van der Waals surface area contributed by atoms with Crippen LogP contribution in [0.15, 0.2) is 12.3 Å². The first kappa shape index (κ1) is 13.7. The van der Waals surface area contributed by atoms with E-state index in [0.29, 0.717) is 17.3 Å². The topological polar surface area (TPSA) is 79.5 Å². The van der Waals surface area contributed by atoms with Crippen molar-refractivity contribution in [3.8, 4) is 0 Å². The van der Waals surface area contributed by atoms with Crippen molar-refractivity contribution in [2.75, 3.05) is 18.0 Å². The third kappa shape index (κ3) is 3.01. The second-order valence-electron chi connectivity index (χ2n) is 5.15. The van der Waals surface area contributed by atoms with Gasteiger partial charge in [0.2, 0.25) is 0 Å². The van der Waals surface area contributed by atoms with E-state index < -0.39 is 0 Å². The molecular formula is C13H19N3O3. The molecule has 0 amide bonds. The molecule has 0 saturated carbocycles. The number of pyridine rings is 1. The molecule has 1 fully saturated rings. The summed E-state index contributed by atoms with van der Waals surface area (Å²) in [5.41, 5.74) is 0.690. The van der Waals surface area contributed by atoms with E-state index in [-0.39, 0.29) is 16.7 Å². The van der Waals surface area contributed by atoms with Gasteiger partial charge in [-0.2, -0.15) is 0 Å². The van der Waals surface area contributed by atoms with Gasteiger partial charge in [0.05, 0.1) is 17.1 Å². The minimum atomic E-state index is -0.372. The van der Waals surface area contributed by atoms with Crippen LogP contribution in [0.2, 0.25) is 0 Å². The highest BCUT2D eigenvalue weighted by Gasteiger charge is 2.24. The van der Waals surface area contributed by atoms with E-state index >= 15 is 0 Å². The average Bonchev–Trinajstić information content (AvgIpc) is 2.39. The van der Waals surface area contributed by atoms with E-state index in [1.165, 1.54) is 6.07 Å². The number of piperidine rings is 1. The molecule has 1 aliphatic rings. The Balaban J connectivity index is 2.12. The fourth-order valence-corrected chi connectivity index (χ4v) is 2.48. The second kappa shape index (κ2) is 5.52. The van der Waals surface area contributed by atoms with E-state index in [0.717, 1.165) is 25.9 Å². The minimum Gasteiger partial charge on any atom is -0.393 e. The Bertz CT molecular complexity index is 468. The molecule has 0 aliphatic carbocycles. The van der Waals surface area contributed by atoms with Crippen molar-refractivity contribution in [3.05, 3.63) is 27.9 Å². The number of hydrogen-bond acceptors (Lipinski definition) is 5. The molecule has 1 aromatic rings. The van der Waals surface area contributed by atoms with Crippen molar-refractivity contribution >= 4 is 11.5 Å². The van der Waals surface area contributed by atoms with Crippen LogP contribution in [-0.4, -0.2) is 34.2 Å². The summed E-state index contributed by atoms with van der Waals surface area (Å²) in [6, 6.07) is 1.54. The van der Waals surface area contributed by atoms with Crippen LogP contribution in [0.1, 0.15) is 25.3 Å². The Hall–Kier alpha value is -1.69. The largest absolute Gasteiger partial charge is 0.393 e. The molecule has 0 spiro atoms. The molecule has 0 aromatic carbocycles. The normalized spacial score (nSPS) is 18.4. The van der Waals surface area contributed by atoms with E-state index in [2.05, 4.69) is 4.98 Å². The highest BCUT2D eigenvalue weighted by atomic mass is 16.6. The molecule has 1 aromatic heterocycles. The third-order valence-electron chi connectivity index (χ3n) is 3.80. The standard InChI is InChI=1S/C13H19N3O3/c1-9-8-14-13(7-12(9)16(18)19)15-5-3-11(4-6-15)10(2)17/h7-8,10-11,17H,3-6H2,1-2H3. The summed E-state index contributed by atoms with van der Waals surface area (Å²) in [6.45, 7) is 5.06. The van der Waals surface area contributed by atoms with Crippen LogP contribution in [0.5, 0.6) is 0 Å². The summed E-state index contributed by atoms with van der Waals surface area (Å²) in [5, 5.41) is 20.5. The fourth-order valence-electron chi connectivity index (χ4n) is 2.48. The van der Waals surface area contributed by atoms with Crippen LogP contribution in [0.3, 0.4) is 0 Å². The number of nitro groups is 1. The van der Waals surface area contributed by atoms with E-state index in [9.17, 15) is 15.2 Å². The number of aromatic nitrogens is 1. The number of rotatable bonds is 3. The lowest BCUT2D eigenvalue weighted by Crippen LogP contribution is -2.37. The van der Waals surface area contributed by atoms with Gasteiger partial charge in [-0.1, -0.05) is 0 Å². The zero-order chi connectivity index (χ0) is 14.0. The zero-order valence-corrected chi connectivity index (χ0v) is 11.2. The first-order chi connectivity index (χ1) is 8.99. The maximum absolute atomic E-state index is 10.9. The predicted molar refractivity (Wildman–Crippen MR) is 72.2 cm³/mol. The van der Waals surface area contributed by atoms with Gasteiger partial charge < -0.3 is 10.0 Å². The predicted octanol–water partition coefficient (Wildman–Crippen LogP) is 1.90. The zero-order valence-electron chi connectivity index (χ0n) is 11.2. The Morgan fingerprint density at radius 3 is 2.68 bits per heavy atom. The highest BCUT2D eigenvalue weighted by molar-refractivity contribution is 5.50. The Kier molecular flexibility index (Phi) is 3.99. The summed E-state index contributed by atoms with van der Waals surface area (Å²) in [4.78, 5) is 16.9. The van der Waals surface area contributed by atoms with Crippen molar-refractivity contribution in [1.82, 2.24) is 4.98 Å². The lowest BCUT2D eigenvalue weighted by molar-refractivity contribution is -0.385. The van der Waals surface area contributed by atoms with Gasteiger partial charge in [-0.3, -0.25) is 10.1 Å². The van der Waals surface area contributed by atoms with Gasteiger partial charge in [0.15, 0.2) is 0 Å². The molecule has 1 aliphatic heterocycles. The van der Waals surface area contributed by atoms with E-state index in [4.69, 9.17) is 0 Å². The summed E-state index contributed by atoms with van der Waals surface area (Å²) in [7, 11) is 0. The summed E-state index contributed by atoms with van der Waals surface area (Å²) >= 11 is 0.